The molecule has 0 radical (unpaired) electrons. The summed E-state index contributed by atoms with van der Waals surface area (Å²) in [6, 6.07) is 0. The molecular formula is C11H22N2O5S. The fourth-order valence-electron chi connectivity index (χ4n) is 2.01. The summed E-state index contributed by atoms with van der Waals surface area (Å²) < 4.78 is 27.7. The van der Waals surface area contributed by atoms with Gasteiger partial charge < -0.3 is 10.2 Å². The Morgan fingerprint density at radius 1 is 1.26 bits per heavy atom. The molecule has 1 aliphatic heterocycles. The van der Waals surface area contributed by atoms with Crippen LogP contribution in [0.5, 0.6) is 0 Å². The lowest BCUT2D eigenvalue weighted by Gasteiger charge is -2.25. The first-order valence-corrected chi connectivity index (χ1v) is 7.86. The number of aliphatic carboxylic acids is 1. The quantitative estimate of drug-likeness (QED) is 0.635. The van der Waals surface area contributed by atoms with Gasteiger partial charge in [-0.2, -0.15) is 17.4 Å². The van der Waals surface area contributed by atoms with Crippen LogP contribution in [0.2, 0.25) is 0 Å². The summed E-state index contributed by atoms with van der Waals surface area (Å²) in [7, 11) is -3.65. The Labute approximate surface area is 113 Å². The van der Waals surface area contributed by atoms with Gasteiger partial charge in [-0.25, -0.2) is 0 Å². The molecule has 1 aliphatic rings. The Morgan fingerprint density at radius 3 is 2.26 bits per heavy atom. The van der Waals surface area contributed by atoms with E-state index >= 15 is 0 Å². The molecule has 112 valence electrons. The van der Waals surface area contributed by atoms with Crippen molar-refractivity contribution in [1.29, 1.82) is 0 Å². The highest BCUT2D eigenvalue weighted by atomic mass is 32.2. The van der Waals surface area contributed by atoms with E-state index in [-0.39, 0.29) is 6.54 Å². The van der Waals surface area contributed by atoms with Crippen molar-refractivity contribution in [2.75, 3.05) is 19.6 Å². The van der Waals surface area contributed by atoms with Crippen LogP contribution in [0, 0.1) is 0 Å². The largest absolute Gasteiger partial charge is 0.481 e. The summed E-state index contributed by atoms with van der Waals surface area (Å²) in [4.78, 5) is 10.5. The summed E-state index contributed by atoms with van der Waals surface area (Å²) in [5.41, 5.74) is -1.59. The lowest BCUT2D eigenvalue weighted by molar-refractivity contribution is -0.141. The average molecular weight is 294 g/mol. The molecule has 1 unspecified atom stereocenters. The molecule has 0 aliphatic carbocycles. The third-order valence-corrected chi connectivity index (χ3v) is 4.63. The van der Waals surface area contributed by atoms with Gasteiger partial charge in [-0.15, -0.1) is 0 Å². The Bertz CT molecular complexity index is 399. The van der Waals surface area contributed by atoms with Crippen molar-refractivity contribution < 1.29 is 23.4 Å². The first-order valence-electron chi connectivity index (χ1n) is 6.42. The van der Waals surface area contributed by atoms with E-state index in [9.17, 15) is 18.3 Å². The summed E-state index contributed by atoms with van der Waals surface area (Å²) in [5, 5.41) is 18.4. The third kappa shape index (κ3) is 5.85. The van der Waals surface area contributed by atoms with Gasteiger partial charge in [0.1, 0.15) is 0 Å². The standard InChI is InChI=1S/C11H22N2O5S/c1-11(16,8-10(14)15)9-12-19(17,18)13-6-4-2-3-5-7-13/h12,16H,2-9H2,1H3,(H,14,15). The van der Waals surface area contributed by atoms with Crippen LogP contribution in [-0.4, -0.2) is 54.1 Å². The number of rotatable bonds is 6. The molecule has 7 nitrogen and oxygen atoms in total. The highest BCUT2D eigenvalue weighted by Gasteiger charge is 2.29. The van der Waals surface area contributed by atoms with E-state index in [1.165, 1.54) is 11.2 Å². The van der Waals surface area contributed by atoms with Crippen LogP contribution in [-0.2, 0) is 15.0 Å². The summed E-state index contributed by atoms with van der Waals surface area (Å²) in [6.07, 6.45) is 3.18. The van der Waals surface area contributed by atoms with Gasteiger partial charge in [-0.05, 0) is 19.8 Å². The van der Waals surface area contributed by atoms with E-state index < -0.39 is 28.2 Å². The van der Waals surface area contributed by atoms with Crippen LogP contribution in [0.4, 0.5) is 0 Å². The molecule has 0 amide bonds. The summed E-state index contributed by atoms with van der Waals surface area (Å²) in [6.45, 7) is 1.93. The molecule has 1 rings (SSSR count). The van der Waals surface area contributed by atoms with Crippen LogP contribution in [0.15, 0.2) is 0 Å². The molecule has 0 spiro atoms. The molecule has 0 saturated carbocycles. The number of carboxylic acids is 1. The number of hydrogen-bond donors (Lipinski definition) is 3. The molecule has 0 aromatic heterocycles. The molecule has 8 heteroatoms. The third-order valence-electron chi connectivity index (χ3n) is 3.07. The van der Waals surface area contributed by atoms with E-state index in [0.717, 1.165) is 25.7 Å². The van der Waals surface area contributed by atoms with Gasteiger partial charge in [0.2, 0.25) is 0 Å². The Kier molecular flexibility index (Phi) is 5.72. The number of carbonyl (C=O) groups is 1. The predicted molar refractivity (Wildman–Crippen MR) is 69.8 cm³/mol. The normalized spacial score (nSPS) is 21.6. The molecule has 1 saturated heterocycles. The average Bonchev–Trinajstić information content (AvgIpc) is 2.54. The fourth-order valence-corrected chi connectivity index (χ4v) is 3.42. The van der Waals surface area contributed by atoms with Crippen molar-refractivity contribution in [3.63, 3.8) is 0 Å². The minimum atomic E-state index is -3.65. The molecule has 0 aromatic rings. The smallest absolute Gasteiger partial charge is 0.306 e. The van der Waals surface area contributed by atoms with Gasteiger partial charge in [-0.3, -0.25) is 4.79 Å². The van der Waals surface area contributed by atoms with E-state index in [2.05, 4.69) is 4.72 Å². The lowest BCUT2D eigenvalue weighted by atomic mass is 10.0. The summed E-state index contributed by atoms with van der Waals surface area (Å²) in [5.74, 6) is -1.17. The van der Waals surface area contributed by atoms with E-state index in [4.69, 9.17) is 5.11 Å². The lowest BCUT2D eigenvalue weighted by Crippen LogP contribution is -2.48. The van der Waals surface area contributed by atoms with E-state index in [1.807, 2.05) is 0 Å². The Morgan fingerprint density at radius 2 is 1.79 bits per heavy atom. The van der Waals surface area contributed by atoms with Gasteiger partial charge in [0, 0.05) is 19.6 Å². The van der Waals surface area contributed by atoms with Crippen LogP contribution in [0.1, 0.15) is 39.0 Å². The Hall–Kier alpha value is -0.700. The van der Waals surface area contributed by atoms with Gasteiger partial charge >= 0.3 is 5.97 Å². The monoisotopic (exact) mass is 294 g/mol. The molecule has 0 bridgehead atoms. The first kappa shape index (κ1) is 16.4. The molecule has 19 heavy (non-hydrogen) atoms. The van der Waals surface area contributed by atoms with Gasteiger partial charge in [0.25, 0.3) is 10.2 Å². The minimum Gasteiger partial charge on any atom is -0.481 e. The van der Waals surface area contributed by atoms with Gasteiger partial charge in [0.05, 0.1) is 12.0 Å². The van der Waals surface area contributed by atoms with E-state index in [1.54, 1.807) is 0 Å². The van der Waals surface area contributed by atoms with Crippen molar-refractivity contribution in [3.8, 4) is 0 Å². The molecule has 1 fully saturated rings. The van der Waals surface area contributed by atoms with E-state index in [0.29, 0.717) is 13.1 Å². The first-order chi connectivity index (χ1) is 8.73. The second-order valence-corrected chi connectivity index (χ2v) is 6.96. The minimum absolute atomic E-state index is 0.307. The van der Waals surface area contributed by atoms with Crippen molar-refractivity contribution in [1.82, 2.24) is 9.03 Å². The molecule has 3 N–H and O–H groups in total. The van der Waals surface area contributed by atoms with Crippen molar-refractivity contribution in [3.05, 3.63) is 0 Å². The van der Waals surface area contributed by atoms with Crippen molar-refractivity contribution in [2.45, 2.75) is 44.6 Å². The topological polar surface area (TPSA) is 107 Å². The zero-order valence-corrected chi connectivity index (χ0v) is 11.9. The van der Waals surface area contributed by atoms with Crippen LogP contribution in [0.3, 0.4) is 0 Å². The van der Waals surface area contributed by atoms with Crippen LogP contribution >= 0.6 is 0 Å². The second kappa shape index (κ2) is 6.65. The highest BCUT2D eigenvalue weighted by molar-refractivity contribution is 7.87. The van der Waals surface area contributed by atoms with Crippen LogP contribution < -0.4 is 4.72 Å². The van der Waals surface area contributed by atoms with Gasteiger partial charge in [0.15, 0.2) is 0 Å². The van der Waals surface area contributed by atoms with Crippen molar-refractivity contribution >= 4 is 16.2 Å². The Balaban J connectivity index is 2.56. The zero-order valence-electron chi connectivity index (χ0n) is 11.1. The number of hydrogen-bond acceptors (Lipinski definition) is 4. The zero-order chi connectivity index (χ0) is 14.5. The summed E-state index contributed by atoms with van der Waals surface area (Å²) >= 11 is 0. The molecule has 1 heterocycles. The maximum atomic E-state index is 12.0. The molecular weight excluding hydrogens is 272 g/mol. The maximum absolute atomic E-state index is 12.0. The number of carboxylic acid groups (broad SMARTS) is 1. The number of aliphatic hydroxyl groups is 1. The second-order valence-electron chi connectivity index (χ2n) is 5.21. The fraction of sp³-hybridized carbons (Fsp3) is 0.909. The highest BCUT2D eigenvalue weighted by Crippen LogP contribution is 2.14. The SMILES string of the molecule is CC(O)(CNS(=O)(=O)N1CCCCCC1)CC(=O)O. The molecule has 0 aromatic carbocycles. The van der Waals surface area contributed by atoms with Gasteiger partial charge in [-0.1, -0.05) is 12.8 Å². The molecule has 1 atom stereocenters. The number of nitrogens with one attached hydrogen (secondary N) is 1. The predicted octanol–water partition coefficient (Wildman–Crippen LogP) is -0.0775. The number of nitrogens with zero attached hydrogens (tertiary/aromatic N) is 1. The van der Waals surface area contributed by atoms with Crippen molar-refractivity contribution in [2.24, 2.45) is 0 Å². The maximum Gasteiger partial charge on any atom is 0.306 e. The van der Waals surface area contributed by atoms with Crippen LogP contribution in [0.25, 0.3) is 0 Å².